The molecule has 0 saturated heterocycles. The molecule has 0 atom stereocenters. The summed E-state index contributed by atoms with van der Waals surface area (Å²) in [5.41, 5.74) is 0.170. The number of hydrogen-bond acceptors (Lipinski definition) is 5. The van der Waals surface area contributed by atoms with Crippen molar-refractivity contribution in [1.82, 2.24) is 19.8 Å². The molecule has 0 amide bonds. The highest BCUT2D eigenvalue weighted by Crippen LogP contribution is 2.22. The fourth-order valence-electron chi connectivity index (χ4n) is 1.10. The van der Waals surface area contributed by atoms with Gasteiger partial charge in [-0.05, 0) is 0 Å². The van der Waals surface area contributed by atoms with Gasteiger partial charge in [-0.2, -0.15) is 0 Å². The first-order valence-electron chi connectivity index (χ1n) is 4.50. The molecule has 0 aliphatic heterocycles. The molecule has 2 aromatic heterocycles. The van der Waals surface area contributed by atoms with Gasteiger partial charge in [-0.15, -0.1) is 14.8 Å². The van der Waals surface area contributed by atoms with Crippen molar-refractivity contribution in [2.75, 3.05) is 13.2 Å². The second kappa shape index (κ2) is 4.38. The van der Waals surface area contributed by atoms with Crippen molar-refractivity contribution in [3.63, 3.8) is 0 Å². The highest BCUT2D eigenvalue weighted by Gasteiger charge is 2.29. The van der Waals surface area contributed by atoms with Gasteiger partial charge in [0.1, 0.15) is 12.9 Å². The van der Waals surface area contributed by atoms with Crippen LogP contribution in [-0.2, 0) is 0 Å². The molecular weight excluding hydrogens is 258 g/mol. The van der Waals surface area contributed by atoms with Crippen molar-refractivity contribution in [3.8, 4) is 5.75 Å². The predicted octanol–water partition coefficient (Wildman–Crippen LogP) is 0.784. The number of aliphatic hydroxyl groups is 1. The summed E-state index contributed by atoms with van der Waals surface area (Å²) in [5, 5.41) is 15.9. The third-order valence-electron chi connectivity index (χ3n) is 1.86. The van der Waals surface area contributed by atoms with Gasteiger partial charge < -0.3 is 9.84 Å². The zero-order chi connectivity index (χ0) is 12.5. The molecule has 0 bridgehead atoms. The molecule has 17 heavy (non-hydrogen) atoms. The molecule has 6 nitrogen and oxygen atoms in total. The van der Waals surface area contributed by atoms with Crippen LogP contribution in [0.3, 0.4) is 0 Å². The van der Waals surface area contributed by atoms with Gasteiger partial charge in [0.05, 0.1) is 0 Å². The third-order valence-corrected chi connectivity index (χ3v) is 2.05. The van der Waals surface area contributed by atoms with E-state index < -0.39 is 19.1 Å². The normalized spacial score (nSPS) is 12.0. The van der Waals surface area contributed by atoms with Crippen molar-refractivity contribution in [3.05, 3.63) is 17.5 Å². The number of ether oxygens (including phenoxy) is 1. The summed E-state index contributed by atoms with van der Waals surface area (Å²) in [6.07, 6.45) is 1.19. The van der Waals surface area contributed by atoms with E-state index in [9.17, 15) is 8.78 Å². The predicted molar refractivity (Wildman–Crippen MR) is 53.3 cm³/mol. The Hall–Kier alpha value is -1.54. The minimum Gasteiger partial charge on any atom is -0.483 e. The highest BCUT2D eigenvalue weighted by molar-refractivity contribution is 6.29. The largest absolute Gasteiger partial charge is 0.483 e. The standard InChI is InChI=1S/C8H7ClF2N4O2/c9-6-1-5(17-3-8(10,11)2-16)7-12-4-13-15(7)14-6/h1,4,16H,2-3H2. The molecule has 2 aromatic rings. The van der Waals surface area contributed by atoms with Crippen LogP contribution in [0.5, 0.6) is 5.75 Å². The summed E-state index contributed by atoms with van der Waals surface area (Å²) in [6, 6.07) is 1.25. The van der Waals surface area contributed by atoms with Gasteiger partial charge in [-0.3, -0.25) is 0 Å². The maximum Gasteiger partial charge on any atom is 0.303 e. The average Bonchev–Trinajstić information content (AvgIpc) is 2.73. The summed E-state index contributed by atoms with van der Waals surface area (Å²) < 4.78 is 31.5. The topological polar surface area (TPSA) is 72.5 Å². The van der Waals surface area contributed by atoms with Gasteiger partial charge in [0.15, 0.2) is 17.5 Å². The lowest BCUT2D eigenvalue weighted by Crippen LogP contribution is -2.29. The second-order valence-electron chi connectivity index (χ2n) is 3.21. The molecule has 9 heteroatoms. The van der Waals surface area contributed by atoms with Crippen molar-refractivity contribution >= 4 is 17.2 Å². The minimum atomic E-state index is -3.33. The van der Waals surface area contributed by atoms with Crippen molar-refractivity contribution in [1.29, 1.82) is 0 Å². The van der Waals surface area contributed by atoms with Crippen LogP contribution in [0.25, 0.3) is 5.65 Å². The van der Waals surface area contributed by atoms with E-state index in [1.165, 1.54) is 12.4 Å². The molecule has 0 unspecified atom stereocenters. The second-order valence-corrected chi connectivity index (χ2v) is 3.59. The first-order valence-corrected chi connectivity index (χ1v) is 4.88. The van der Waals surface area contributed by atoms with E-state index in [1.54, 1.807) is 0 Å². The fourth-order valence-corrected chi connectivity index (χ4v) is 1.27. The number of aromatic nitrogens is 4. The van der Waals surface area contributed by atoms with E-state index in [0.29, 0.717) is 0 Å². The van der Waals surface area contributed by atoms with Gasteiger partial charge in [0.2, 0.25) is 5.65 Å². The van der Waals surface area contributed by atoms with Crippen molar-refractivity contribution in [2.45, 2.75) is 5.92 Å². The van der Waals surface area contributed by atoms with Crippen LogP contribution < -0.4 is 4.74 Å². The van der Waals surface area contributed by atoms with Crippen LogP contribution in [0.15, 0.2) is 12.4 Å². The molecule has 2 rings (SSSR count). The SMILES string of the molecule is OCC(F)(F)COc1cc(Cl)nn2ncnc12. The molecule has 2 heterocycles. The number of halogens is 3. The molecule has 0 aromatic carbocycles. The van der Waals surface area contributed by atoms with Gasteiger partial charge in [-0.25, -0.2) is 13.8 Å². The molecule has 0 fully saturated rings. The van der Waals surface area contributed by atoms with Gasteiger partial charge in [-0.1, -0.05) is 11.6 Å². The highest BCUT2D eigenvalue weighted by atomic mass is 35.5. The van der Waals surface area contributed by atoms with E-state index in [1.807, 2.05) is 0 Å². The van der Waals surface area contributed by atoms with Crippen LogP contribution in [0, 0.1) is 0 Å². The van der Waals surface area contributed by atoms with E-state index in [2.05, 4.69) is 15.2 Å². The van der Waals surface area contributed by atoms with Crippen LogP contribution in [0.4, 0.5) is 8.78 Å². The number of aliphatic hydroxyl groups excluding tert-OH is 1. The van der Waals surface area contributed by atoms with Crippen molar-refractivity contribution in [2.24, 2.45) is 0 Å². The van der Waals surface area contributed by atoms with Gasteiger partial charge >= 0.3 is 5.92 Å². The minimum absolute atomic E-state index is 0.0237. The zero-order valence-electron chi connectivity index (χ0n) is 8.35. The van der Waals surface area contributed by atoms with Crippen LogP contribution >= 0.6 is 11.6 Å². The lowest BCUT2D eigenvalue weighted by atomic mass is 10.4. The Labute approximate surface area is 98.8 Å². The summed E-state index contributed by atoms with van der Waals surface area (Å²) in [7, 11) is 0. The number of fused-ring (bicyclic) bond motifs is 1. The quantitative estimate of drug-likeness (QED) is 0.884. The summed E-state index contributed by atoms with van der Waals surface area (Å²) >= 11 is 5.65. The van der Waals surface area contributed by atoms with Gasteiger partial charge in [0.25, 0.3) is 0 Å². The van der Waals surface area contributed by atoms with Crippen LogP contribution in [0.2, 0.25) is 5.15 Å². The third kappa shape index (κ3) is 2.59. The molecule has 0 spiro atoms. The Morgan fingerprint density at radius 2 is 2.29 bits per heavy atom. The Balaban J connectivity index is 2.26. The summed E-state index contributed by atoms with van der Waals surface area (Å²) in [5.74, 6) is -3.30. The maximum atomic E-state index is 12.8. The lowest BCUT2D eigenvalue weighted by molar-refractivity contribution is -0.0799. The maximum absolute atomic E-state index is 12.8. The number of nitrogens with zero attached hydrogens (tertiary/aromatic N) is 4. The summed E-state index contributed by atoms with van der Waals surface area (Å²) in [6.45, 7) is -2.28. The van der Waals surface area contributed by atoms with Gasteiger partial charge in [0, 0.05) is 6.07 Å². The van der Waals surface area contributed by atoms with E-state index in [0.717, 1.165) is 4.63 Å². The van der Waals surface area contributed by atoms with E-state index in [-0.39, 0.29) is 16.5 Å². The molecule has 1 N–H and O–H groups in total. The smallest absolute Gasteiger partial charge is 0.303 e. The molecule has 0 aliphatic carbocycles. The van der Waals surface area contributed by atoms with Crippen LogP contribution in [-0.4, -0.2) is 44.1 Å². The molecule has 0 saturated carbocycles. The van der Waals surface area contributed by atoms with E-state index in [4.69, 9.17) is 21.4 Å². The van der Waals surface area contributed by atoms with Crippen LogP contribution in [0.1, 0.15) is 0 Å². The van der Waals surface area contributed by atoms with E-state index >= 15 is 0 Å². The Kier molecular flexibility index (Phi) is 3.07. The average molecular weight is 265 g/mol. The number of hydrogen-bond donors (Lipinski definition) is 1. The lowest BCUT2D eigenvalue weighted by Gasteiger charge is -2.14. The summed E-state index contributed by atoms with van der Waals surface area (Å²) in [4.78, 5) is 3.78. The zero-order valence-corrected chi connectivity index (χ0v) is 9.10. The molecule has 92 valence electrons. The first-order chi connectivity index (χ1) is 8.02. The Morgan fingerprint density at radius 3 is 3.00 bits per heavy atom. The Morgan fingerprint density at radius 1 is 1.53 bits per heavy atom. The Bertz CT molecular complexity index is 533. The first kappa shape index (κ1) is 11.9. The fraction of sp³-hybridized carbons (Fsp3) is 0.375. The number of alkyl halides is 2. The molecule has 0 radical (unpaired) electrons. The van der Waals surface area contributed by atoms with Crippen molar-refractivity contribution < 1.29 is 18.6 Å². The molecule has 0 aliphatic rings. The monoisotopic (exact) mass is 264 g/mol. The number of rotatable bonds is 4. The molecular formula is C8H7ClF2N4O2.